The van der Waals surface area contributed by atoms with Gasteiger partial charge < -0.3 is 14.2 Å². The van der Waals surface area contributed by atoms with Gasteiger partial charge >= 0.3 is 0 Å². The Hall–Kier alpha value is -2.01. The van der Waals surface area contributed by atoms with Gasteiger partial charge in [0.05, 0.1) is 25.5 Å². The van der Waals surface area contributed by atoms with Gasteiger partial charge in [-0.15, -0.1) is 0 Å². The zero-order chi connectivity index (χ0) is 16.4. The molecule has 5 nitrogen and oxygen atoms in total. The van der Waals surface area contributed by atoms with Crippen LogP contribution in [0.1, 0.15) is 44.6 Å². The molecule has 0 bridgehead atoms. The van der Waals surface area contributed by atoms with Gasteiger partial charge in [0, 0.05) is 18.2 Å². The van der Waals surface area contributed by atoms with Gasteiger partial charge in [-0.3, -0.25) is 4.68 Å². The molecule has 1 unspecified atom stereocenters. The summed E-state index contributed by atoms with van der Waals surface area (Å²) in [6, 6.07) is 8.61. The van der Waals surface area contributed by atoms with Crippen molar-refractivity contribution in [2.75, 3.05) is 13.7 Å². The normalized spacial score (nSPS) is 21.3. The highest BCUT2D eigenvalue weighted by Gasteiger charge is 2.21. The van der Waals surface area contributed by atoms with Crippen LogP contribution in [0.25, 0.3) is 11.3 Å². The third-order valence-electron chi connectivity index (χ3n) is 4.91. The molecule has 128 valence electrons. The molecule has 1 atom stereocenters. The Bertz CT molecular complexity index is 686. The van der Waals surface area contributed by atoms with Gasteiger partial charge in [0.15, 0.2) is 17.8 Å². The van der Waals surface area contributed by atoms with E-state index in [9.17, 15) is 0 Å². The van der Waals surface area contributed by atoms with Gasteiger partial charge in [-0.25, -0.2) is 0 Å². The highest BCUT2D eigenvalue weighted by molar-refractivity contribution is 5.63. The molecule has 1 aromatic carbocycles. The first kappa shape index (κ1) is 15.5. The number of aromatic nitrogens is 2. The molecule has 4 rings (SSSR count). The van der Waals surface area contributed by atoms with Gasteiger partial charge in [-0.1, -0.05) is 12.8 Å². The fourth-order valence-electron chi connectivity index (χ4n) is 3.57. The van der Waals surface area contributed by atoms with Gasteiger partial charge in [-0.05, 0) is 43.5 Å². The minimum absolute atomic E-state index is 0.176. The number of benzene rings is 1. The Morgan fingerprint density at radius 3 is 2.71 bits per heavy atom. The van der Waals surface area contributed by atoms with Crippen molar-refractivity contribution in [3.8, 4) is 22.8 Å². The van der Waals surface area contributed by atoms with Crippen LogP contribution < -0.4 is 9.47 Å². The Morgan fingerprint density at radius 1 is 1.08 bits per heavy atom. The predicted octanol–water partition coefficient (Wildman–Crippen LogP) is 4.19. The quantitative estimate of drug-likeness (QED) is 0.825. The van der Waals surface area contributed by atoms with E-state index in [1.807, 2.05) is 18.2 Å². The molecule has 1 saturated heterocycles. The van der Waals surface area contributed by atoms with Gasteiger partial charge in [-0.2, -0.15) is 5.10 Å². The molecule has 2 fully saturated rings. The average Bonchev–Trinajstić information content (AvgIpc) is 3.35. The van der Waals surface area contributed by atoms with Gasteiger partial charge in [0.2, 0.25) is 0 Å². The first-order chi connectivity index (χ1) is 11.8. The van der Waals surface area contributed by atoms with E-state index in [4.69, 9.17) is 19.3 Å². The van der Waals surface area contributed by atoms with Crippen LogP contribution in [0.5, 0.6) is 11.5 Å². The van der Waals surface area contributed by atoms with Crippen molar-refractivity contribution in [1.29, 1.82) is 0 Å². The summed E-state index contributed by atoms with van der Waals surface area (Å²) in [6.07, 6.45) is 8.96. The molecule has 0 N–H and O–H groups in total. The number of hydrogen-bond donors (Lipinski definition) is 0. The Labute approximate surface area is 142 Å². The number of ether oxygens (including phenoxy) is 3. The molecule has 2 aliphatic rings. The fraction of sp³-hybridized carbons (Fsp3) is 0.526. The van der Waals surface area contributed by atoms with E-state index in [0.717, 1.165) is 42.2 Å². The summed E-state index contributed by atoms with van der Waals surface area (Å²) in [7, 11) is 1.66. The molecule has 1 aromatic heterocycles. The van der Waals surface area contributed by atoms with Crippen LogP contribution in [0.4, 0.5) is 0 Å². The molecule has 0 amide bonds. The second-order valence-corrected chi connectivity index (χ2v) is 6.55. The summed E-state index contributed by atoms with van der Waals surface area (Å²) in [5, 5.41) is 4.78. The number of rotatable bonds is 5. The second kappa shape index (κ2) is 6.85. The molecule has 1 aliphatic heterocycles. The molecule has 0 radical (unpaired) electrons. The lowest BCUT2D eigenvalue weighted by Crippen LogP contribution is -2.14. The first-order valence-corrected chi connectivity index (χ1v) is 8.85. The summed E-state index contributed by atoms with van der Waals surface area (Å²) in [6.45, 7) is 0.762. The number of nitrogens with zero attached hydrogens (tertiary/aromatic N) is 2. The van der Waals surface area contributed by atoms with E-state index in [1.165, 1.54) is 25.7 Å². The van der Waals surface area contributed by atoms with E-state index in [1.54, 1.807) is 7.11 Å². The van der Waals surface area contributed by atoms with Crippen molar-refractivity contribution in [3.05, 3.63) is 30.5 Å². The molecule has 2 heterocycles. The highest BCUT2D eigenvalue weighted by atomic mass is 16.7. The molecule has 0 spiro atoms. The minimum Gasteiger partial charge on any atom is -0.493 e. The van der Waals surface area contributed by atoms with Crippen molar-refractivity contribution in [2.24, 2.45) is 0 Å². The molecule has 2 aromatic rings. The third-order valence-corrected chi connectivity index (χ3v) is 4.91. The summed E-state index contributed by atoms with van der Waals surface area (Å²) in [4.78, 5) is 0. The summed E-state index contributed by atoms with van der Waals surface area (Å²) >= 11 is 0. The van der Waals surface area contributed by atoms with E-state index < -0.39 is 0 Å². The lowest BCUT2D eigenvalue weighted by Gasteiger charge is -2.16. The monoisotopic (exact) mass is 328 g/mol. The van der Waals surface area contributed by atoms with Crippen LogP contribution in [0.3, 0.4) is 0 Å². The fourth-order valence-corrected chi connectivity index (χ4v) is 3.57. The maximum atomic E-state index is 5.98. The zero-order valence-electron chi connectivity index (χ0n) is 14.1. The first-order valence-electron chi connectivity index (χ1n) is 8.85. The van der Waals surface area contributed by atoms with E-state index in [2.05, 4.69) is 16.9 Å². The highest BCUT2D eigenvalue weighted by Crippen LogP contribution is 2.35. The Morgan fingerprint density at radius 2 is 1.96 bits per heavy atom. The lowest BCUT2D eigenvalue weighted by atomic mass is 10.1. The maximum absolute atomic E-state index is 5.98. The Balaban J connectivity index is 1.58. The minimum atomic E-state index is -0.176. The standard InChI is InChI=1S/C19H24N2O3/c1-22-17-9-8-14(13-18(17)24-19-7-4-12-23-19)16-10-11-21(20-16)15-5-2-3-6-15/h8-11,13,15,19H,2-7,12H2,1H3. The van der Waals surface area contributed by atoms with Crippen LogP contribution in [0.2, 0.25) is 0 Å². The van der Waals surface area contributed by atoms with Crippen LogP contribution >= 0.6 is 0 Å². The molecule has 1 aliphatic carbocycles. The van der Waals surface area contributed by atoms with Crippen LogP contribution in [-0.2, 0) is 4.74 Å². The SMILES string of the molecule is COc1ccc(-c2ccn(C3CCCC3)n2)cc1OC1CCCO1. The van der Waals surface area contributed by atoms with Crippen molar-refractivity contribution in [3.63, 3.8) is 0 Å². The van der Waals surface area contributed by atoms with Crippen molar-refractivity contribution in [2.45, 2.75) is 50.9 Å². The van der Waals surface area contributed by atoms with E-state index in [0.29, 0.717) is 6.04 Å². The molecular formula is C19H24N2O3. The second-order valence-electron chi connectivity index (χ2n) is 6.55. The third kappa shape index (κ3) is 3.13. The topological polar surface area (TPSA) is 45.5 Å². The van der Waals surface area contributed by atoms with Crippen LogP contribution in [0.15, 0.2) is 30.5 Å². The van der Waals surface area contributed by atoms with E-state index >= 15 is 0 Å². The lowest BCUT2D eigenvalue weighted by molar-refractivity contribution is -0.0402. The summed E-state index contributed by atoms with van der Waals surface area (Å²) < 4.78 is 19.1. The molecular weight excluding hydrogens is 304 g/mol. The van der Waals surface area contributed by atoms with Crippen LogP contribution in [0, 0.1) is 0 Å². The largest absolute Gasteiger partial charge is 0.493 e. The number of hydrogen-bond acceptors (Lipinski definition) is 4. The van der Waals surface area contributed by atoms with Crippen molar-refractivity contribution < 1.29 is 14.2 Å². The Kier molecular flexibility index (Phi) is 4.43. The maximum Gasteiger partial charge on any atom is 0.200 e. The van der Waals surface area contributed by atoms with Gasteiger partial charge in [0.25, 0.3) is 0 Å². The zero-order valence-corrected chi connectivity index (χ0v) is 14.1. The van der Waals surface area contributed by atoms with Crippen LogP contribution in [-0.4, -0.2) is 29.8 Å². The molecule has 1 saturated carbocycles. The predicted molar refractivity (Wildman–Crippen MR) is 91.3 cm³/mol. The number of methoxy groups -OCH3 is 1. The van der Waals surface area contributed by atoms with Gasteiger partial charge in [0.1, 0.15) is 0 Å². The van der Waals surface area contributed by atoms with E-state index in [-0.39, 0.29) is 6.29 Å². The molecule has 5 heteroatoms. The smallest absolute Gasteiger partial charge is 0.200 e. The molecule has 24 heavy (non-hydrogen) atoms. The average molecular weight is 328 g/mol. The summed E-state index contributed by atoms with van der Waals surface area (Å²) in [5.41, 5.74) is 2.02. The summed E-state index contributed by atoms with van der Waals surface area (Å²) in [5.74, 6) is 1.45. The van der Waals surface area contributed by atoms with Crippen molar-refractivity contribution in [1.82, 2.24) is 9.78 Å². The van der Waals surface area contributed by atoms with Crippen molar-refractivity contribution >= 4 is 0 Å².